The Morgan fingerprint density at radius 1 is 1.11 bits per heavy atom. The molecule has 11 nitrogen and oxygen atoms in total. The summed E-state index contributed by atoms with van der Waals surface area (Å²) in [6.45, 7) is 0.138. The van der Waals surface area contributed by atoms with E-state index < -0.39 is 44.3 Å². The van der Waals surface area contributed by atoms with Gasteiger partial charge in [-0.2, -0.15) is 0 Å². The van der Waals surface area contributed by atoms with E-state index in [1.807, 2.05) is 0 Å². The number of furan rings is 1. The quantitative estimate of drug-likeness (QED) is 0.141. The SMILES string of the molecule is O=C(O)CCCCC(=O)OCS(=O)(=O)Nc1cc(C(=O)OC(Cl)(Cl)CCl)c(NCc2ccco2)cc1Cl. The topological polar surface area (TPSA) is 161 Å². The van der Waals surface area contributed by atoms with Gasteiger partial charge in [0.2, 0.25) is 5.94 Å². The Balaban J connectivity index is 2.17. The van der Waals surface area contributed by atoms with E-state index in [9.17, 15) is 22.8 Å². The molecule has 3 N–H and O–H groups in total. The van der Waals surface area contributed by atoms with Gasteiger partial charge in [0.1, 0.15) is 5.76 Å². The van der Waals surface area contributed by atoms with Gasteiger partial charge in [-0.3, -0.25) is 14.3 Å². The van der Waals surface area contributed by atoms with Gasteiger partial charge in [-0.25, -0.2) is 13.2 Å². The Labute approximate surface area is 232 Å². The number of hydrogen-bond donors (Lipinski definition) is 3. The molecule has 0 atom stereocenters. The predicted octanol–water partition coefficient (Wildman–Crippen LogP) is 4.96. The summed E-state index contributed by atoms with van der Waals surface area (Å²) in [6.07, 6.45) is 1.62. The van der Waals surface area contributed by atoms with Gasteiger partial charge >= 0.3 is 17.9 Å². The molecule has 1 aromatic heterocycles. The number of sulfonamides is 1. The van der Waals surface area contributed by atoms with Gasteiger partial charge in [0.25, 0.3) is 14.5 Å². The number of unbranched alkanes of at least 4 members (excludes halogenated alkanes) is 1. The lowest BCUT2D eigenvalue weighted by Crippen LogP contribution is -2.25. The van der Waals surface area contributed by atoms with Crippen LogP contribution in [0.4, 0.5) is 11.4 Å². The highest BCUT2D eigenvalue weighted by molar-refractivity contribution is 7.92. The third-order valence-electron chi connectivity index (χ3n) is 4.42. The molecule has 0 aliphatic heterocycles. The number of carbonyl (C=O) groups is 3. The number of carbonyl (C=O) groups excluding carboxylic acids is 2. The first-order valence-corrected chi connectivity index (χ1v) is 13.8. The van der Waals surface area contributed by atoms with Crippen molar-refractivity contribution in [1.29, 1.82) is 0 Å². The number of anilines is 2. The predicted molar refractivity (Wildman–Crippen MR) is 138 cm³/mol. The van der Waals surface area contributed by atoms with Crippen molar-refractivity contribution in [3.63, 3.8) is 0 Å². The zero-order valence-electron chi connectivity index (χ0n) is 19.0. The van der Waals surface area contributed by atoms with Crippen LogP contribution in [0.5, 0.6) is 0 Å². The number of ether oxygens (including phenoxy) is 2. The van der Waals surface area contributed by atoms with E-state index in [-0.39, 0.29) is 54.2 Å². The minimum absolute atomic E-state index is 0.109. The fourth-order valence-corrected chi connectivity index (χ4v) is 4.05. The zero-order chi connectivity index (χ0) is 27.6. The molecule has 0 unspecified atom stereocenters. The number of esters is 2. The van der Waals surface area contributed by atoms with Crippen molar-refractivity contribution < 1.29 is 41.8 Å². The first kappa shape index (κ1) is 30.8. The van der Waals surface area contributed by atoms with Gasteiger partial charge in [0, 0.05) is 12.8 Å². The molecule has 0 spiro atoms. The van der Waals surface area contributed by atoms with E-state index in [0.29, 0.717) is 5.76 Å². The number of hydrogen-bond acceptors (Lipinski definition) is 9. The zero-order valence-corrected chi connectivity index (χ0v) is 22.8. The van der Waals surface area contributed by atoms with Crippen molar-refractivity contribution in [2.45, 2.75) is 36.7 Å². The summed E-state index contributed by atoms with van der Waals surface area (Å²) < 4.78 is 40.0. The molecule has 204 valence electrons. The van der Waals surface area contributed by atoms with Crippen molar-refractivity contribution >= 4 is 85.7 Å². The van der Waals surface area contributed by atoms with Crippen LogP contribution < -0.4 is 10.0 Å². The molecule has 0 radical (unpaired) electrons. The van der Waals surface area contributed by atoms with Gasteiger partial charge in [0.05, 0.1) is 40.6 Å². The largest absolute Gasteiger partial charge is 0.481 e. The normalized spacial score (nSPS) is 11.6. The summed E-state index contributed by atoms with van der Waals surface area (Å²) in [4.78, 5) is 35.0. The summed E-state index contributed by atoms with van der Waals surface area (Å²) in [7, 11) is -4.27. The molecule has 2 aromatic rings. The average molecular weight is 620 g/mol. The Morgan fingerprint density at radius 3 is 2.43 bits per heavy atom. The van der Waals surface area contributed by atoms with Crippen LogP contribution in [0.25, 0.3) is 0 Å². The number of aliphatic carboxylic acids is 1. The van der Waals surface area contributed by atoms with Crippen molar-refractivity contribution in [2.75, 3.05) is 21.9 Å². The summed E-state index contributed by atoms with van der Waals surface area (Å²) in [6, 6.07) is 5.69. The van der Waals surface area contributed by atoms with Gasteiger partial charge in [-0.15, -0.1) is 11.6 Å². The molecule has 0 aliphatic carbocycles. The molecule has 0 amide bonds. The molecular formula is C21H22Cl4N2O9S. The van der Waals surface area contributed by atoms with Crippen molar-refractivity contribution in [3.8, 4) is 0 Å². The van der Waals surface area contributed by atoms with E-state index in [1.165, 1.54) is 12.3 Å². The van der Waals surface area contributed by atoms with Crippen molar-refractivity contribution in [3.05, 3.63) is 46.9 Å². The van der Waals surface area contributed by atoms with Gasteiger partial charge in [0.15, 0.2) is 0 Å². The van der Waals surface area contributed by atoms with Crippen LogP contribution in [-0.4, -0.2) is 47.8 Å². The number of benzene rings is 1. The van der Waals surface area contributed by atoms with E-state index in [4.69, 9.17) is 65.4 Å². The first-order valence-electron chi connectivity index (χ1n) is 10.5. The van der Waals surface area contributed by atoms with Crippen LogP contribution in [-0.2, 0) is 35.6 Å². The lowest BCUT2D eigenvalue weighted by molar-refractivity contribution is -0.142. The highest BCUT2D eigenvalue weighted by Crippen LogP contribution is 2.33. The minimum Gasteiger partial charge on any atom is -0.481 e. The van der Waals surface area contributed by atoms with E-state index in [1.54, 1.807) is 12.1 Å². The molecule has 1 aromatic carbocycles. The lowest BCUT2D eigenvalue weighted by Gasteiger charge is -2.20. The Kier molecular flexibility index (Phi) is 11.6. The van der Waals surface area contributed by atoms with Gasteiger partial charge < -0.3 is 24.3 Å². The highest BCUT2D eigenvalue weighted by Gasteiger charge is 2.30. The molecule has 0 bridgehead atoms. The monoisotopic (exact) mass is 618 g/mol. The maximum Gasteiger partial charge on any atom is 0.342 e. The summed E-state index contributed by atoms with van der Waals surface area (Å²) >= 11 is 23.5. The number of alkyl halides is 3. The molecule has 0 saturated heterocycles. The summed E-state index contributed by atoms with van der Waals surface area (Å²) in [5, 5.41) is 11.4. The van der Waals surface area contributed by atoms with E-state index >= 15 is 0 Å². The molecule has 2 rings (SSSR count). The molecule has 1 heterocycles. The second kappa shape index (κ2) is 14.0. The smallest absolute Gasteiger partial charge is 0.342 e. The van der Waals surface area contributed by atoms with Crippen LogP contribution >= 0.6 is 46.4 Å². The maximum absolute atomic E-state index is 12.8. The molecule has 0 aliphatic rings. The second-order valence-corrected chi connectivity index (χ2v) is 11.2. The van der Waals surface area contributed by atoms with Crippen molar-refractivity contribution in [1.82, 2.24) is 0 Å². The molecule has 37 heavy (non-hydrogen) atoms. The fourth-order valence-electron chi connectivity index (χ4n) is 2.74. The summed E-state index contributed by atoms with van der Waals surface area (Å²) in [5.74, 6) is -3.85. The van der Waals surface area contributed by atoms with Crippen LogP contribution in [0, 0.1) is 0 Å². The molecular weight excluding hydrogens is 598 g/mol. The van der Waals surface area contributed by atoms with E-state index in [2.05, 4.69) is 10.0 Å². The standard InChI is InChI=1S/C21H22Cl4N2O9S/c22-11-21(24,25)36-20(31)14-8-17(15(23)9-16(14)26-10-13-4-3-7-34-13)27-37(32,33)12-35-19(30)6-2-1-5-18(28)29/h3-4,7-9,26-27H,1-2,5-6,10-12H2,(H,28,29). The minimum atomic E-state index is -4.27. The van der Waals surface area contributed by atoms with E-state index in [0.717, 1.165) is 6.07 Å². The van der Waals surface area contributed by atoms with Crippen LogP contribution in [0.3, 0.4) is 0 Å². The number of halogens is 4. The van der Waals surface area contributed by atoms with Gasteiger partial charge in [-0.05, 0) is 37.1 Å². The highest BCUT2D eigenvalue weighted by atomic mass is 35.5. The Bertz CT molecular complexity index is 1200. The van der Waals surface area contributed by atoms with Crippen LogP contribution in [0.1, 0.15) is 41.8 Å². The number of carboxylic acid groups (broad SMARTS) is 1. The third kappa shape index (κ3) is 10.9. The maximum atomic E-state index is 12.8. The number of carboxylic acids is 1. The Hall–Kier alpha value is -2.38. The molecule has 0 fully saturated rings. The number of nitrogens with one attached hydrogen (secondary N) is 2. The fraction of sp³-hybridized carbons (Fsp3) is 0.381. The molecule has 0 saturated carbocycles. The summed E-state index contributed by atoms with van der Waals surface area (Å²) in [5.41, 5.74) is -0.281. The first-order chi connectivity index (χ1) is 17.3. The second-order valence-electron chi connectivity index (χ2n) is 7.42. The van der Waals surface area contributed by atoms with Gasteiger partial charge in [-0.1, -0.05) is 34.8 Å². The average Bonchev–Trinajstić information content (AvgIpc) is 3.34. The van der Waals surface area contributed by atoms with Crippen LogP contribution in [0.2, 0.25) is 5.02 Å². The lowest BCUT2D eigenvalue weighted by atomic mass is 10.1. The third-order valence-corrected chi connectivity index (χ3v) is 6.76. The Morgan fingerprint density at radius 2 is 1.81 bits per heavy atom. The van der Waals surface area contributed by atoms with Crippen LogP contribution in [0.15, 0.2) is 34.9 Å². The molecule has 16 heteroatoms. The number of rotatable bonds is 15. The van der Waals surface area contributed by atoms with Crippen molar-refractivity contribution in [2.24, 2.45) is 0 Å².